The van der Waals surface area contributed by atoms with Crippen LogP contribution in [0.1, 0.15) is 27.3 Å². The number of amides is 1. The third-order valence-electron chi connectivity index (χ3n) is 5.06. The monoisotopic (exact) mass is 512 g/mol. The summed E-state index contributed by atoms with van der Waals surface area (Å²) in [6, 6.07) is 20.5. The van der Waals surface area contributed by atoms with E-state index < -0.39 is 0 Å². The van der Waals surface area contributed by atoms with Crippen molar-refractivity contribution in [1.82, 2.24) is 20.1 Å². The molecule has 1 amide bonds. The van der Waals surface area contributed by atoms with Gasteiger partial charge in [0, 0.05) is 16.3 Å². The summed E-state index contributed by atoms with van der Waals surface area (Å²) in [4.78, 5) is 12.7. The topological polar surface area (TPSA) is 69.0 Å². The Bertz CT molecular complexity index is 1310. The average Bonchev–Trinajstić information content (AvgIpc) is 3.24. The van der Waals surface area contributed by atoms with E-state index in [9.17, 15) is 4.79 Å². The van der Waals surface area contributed by atoms with Gasteiger partial charge in [-0.3, -0.25) is 9.36 Å². The molecule has 6 nitrogen and oxygen atoms in total. The lowest BCUT2D eigenvalue weighted by molar-refractivity contribution is 0.0949. The van der Waals surface area contributed by atoms with Crippen LogP contribution in [0.25, 0.3) is 5.69 Å². The van der Waals surface area contributed by atoms with Crippen LogP contribution in [0.3, 0.4) is 0 Å². The maximum Gasteiger partial charge on any atom is 0.251 e. The van der Waals surface area contributed by atoms with Crippen molar-refractivity contribution in [2.75, 3.05) is 7.11 Å². The van der Waals surface area contributed by atoms with Crippen molar-refractivity contribution >= 4 is 40.9 Å². The summed E-state index contributed by atoms with van der Waals surface area (Å²) in [6.45, 7) is 2.23. The maximum atomic E-state index is 12.7. The lowest BCUT2D eigenvalue weighted by Crippen LogP contribution is -2.24. The van der Waals surface area contributed by atoms with Gasteiger partial charge >= 0.3 is 0 Å². The Morgan fingerprint density at radius 1 is 1.06 bits per heavy atom. The summed E-state index contributed by atoms with van der Waals surface area (Å²) in [5.74, 6) is 1.72. The van der Waals surface area contributed by atoms with Gasteiger partial charge in [-0.1, -0.05) is 64.8 Å². The minimum atomic E-state index is -0.228. The number of hydrogen-bond donors (Lipinski definition) is 1. The van der Waals surface area contributed by atoms with E-state index in [1.807, 2.05) is 16.7 Å². The number of nitrogens with zero attached hydrogens (tertiary/aromatic N) is 3. The van der Waals surface area contributed by atoms with Gasteiger partial charge in [-0.15, -0.1) is 10.2 Å². The van der Waals surface area contributed by atoms with Gasteiger partial charge in [-0.25, -0.2) is 0 Å². The van der Waals surface area contributed by atoms with Gasteiger partial charge in [-0.2, -0.15) is 0 Å². The molecule has 0 fully saturated rings. The fourth-order valence-corrected chi connectivity index (χ4v) is 4.77. The number of nitrogens with one attached hydrogen (secondary N) is 1. The number of rotatable bonds is 8. The molecule has 1 aromatic heterocycles. The second kappa shape index (κ2) is 11.0. The number of carbonyl (C=O) groups excluding carboxylic acids is 1. The highest BCUT2D eigenvalue weighted by atomic mass is 35.5. The fraction of sp³-hybridized carbons (Fsp3) is 0.160. The summed E-state index contributed by atoms with van der Waals surface area (Å²) in [5, 5.41) is 13.3. The highest BCUT2D eigenvalue weighted by Gasteiger charge is 2.18. The van der Waals surface area contributed by atoms with Crippen LogP contribution in [0.15, 0.2) is 71.9 Å². The zero-order valence-corrected chi connectivity index (χ0v) is 20.9. The van der Waals surface area contributed by atoms with Crippen molar-refractivity contribution in [3.05, 3.63) is 99.3 Å². The minimum Gasteiger partial charge on any atom is -0.497 e. The Morgan fingerprint density at radius 2 is 1.85 bits per heavy atom. The fourth-order valence-electron chi connectivity index (χ4n) is 3.37. The van der Waals surface area contributed by atoms with Crippen LogP contribution in [0.4, 0.5) is 0 Å². The second-order valence-electron chi connectivity index (χ2n) is 7.52. The van der Waals surface area contributed by atoms with Gasteiger partial charge in [0.1, 0.15) is 5.75 Å². The normalized spacial score (nSPS) is 10.8. The molecule has 0 radical (unpaired) electrons. The molecule has 0 atom stereocenters. The zero-order chi connectivity index (χ0) is 24.1. The van der Waals surface area contributed by atoms with E-state index in [0.29, 0.717) is 43.8 Å². The summed E-state index contributed by atoms with van der Waals surface area (Å²) in [5.41, 5.74) is 3.58. The Morgan fingerprint density at radius 3 is 2.56 bits per heavy atom. The zero-order valence-electron chi connectivity index (χ0n) is 18.6. The standard InChI is InChI=1S/C25H22Cl2N4O2S/c1-16-4-3-5-17(12-16)15-34-25-30-29-23(31(25)22-11-8-19(26)13-21(22)27)14-28-24(32)18-6-9-20(33-2)10-7-18/h3-13H,14-15H2,1-2H3,(H,28,32). The van der Waals surface area contributed by atoms with Crippen molar-refractivity contribution in [3.8, 4) is 11.4 Å². The second-order valence-corrected chi connectivity index (χ2v) is 9.30. The molecule has 1 heterocycles. The number of ether oxygens (including phenoxy) is 1. The van der Waals surface area contributed by atoms with Gasteiger partial charge in [-0.05, 0) is 55.0 Å². The van der Waals surface area contributed by atoms with Crippen LogP contribution in [0, 0.1) is 6.92 Å². The van der Waals surface area contributed by atoms with Crippen LogP contribution in [0.5, 0.6) is 5.75 Å². The number of halogens is 2. The summed E-state index contributed by atoms with van der Waals surface area (Å²) >= 11 is 14.2. The molecule has 0 bridgehead atoms. The van der Waals surface area contributed by atoms with E-state index in [1.54, 1.807) is 55.3 Å². The number of methoxy groups -OCH3 is 1. The largest absolute Gasteiger partial charge is 0.497 e. The molecular formula is C25H22Cl2N4O2S. The van der Waals surface area contributed by atoms with E-state index in [4.69, 9.17) is 27.9 Å². The molecule has 0 aliphatic heterocycles. The van der Waals surface area contributed by atoms with E-state index in [-0.39, 0.29) is 12.5 Å². The number of aromatic nitrogens is 3. The van der Waals surface area contributed by atoms with Gasteiger partial charge in [0.15, 0.2) is 11.0 Å². The lowest BCUT2D eigenvalue weighted by Gasteiger charge is -2.13. The quantitative estimate of drug-likeness (QED) is 0.288. The van der Waals surface area contributed by atoms with Gasteiger partial charge in [0.2, 0.25) is 0 Å². The van der Waals surface area contributed by atoms with Crippen LogP contribution >= 0.6 is 35.0 Å². The van der Waals surface area contributed by atoms with Crippen molar-refractivity contribution in [3.63, 3.8) is 0 Å². The highest BCUT2D eigenvalue weighted by Crippen LogP contribution is 2.31. The molecule has 3 aromatic carbocycles. The van der Waals surface area contributed by atoms with Gasteiger partial charge < -0.3 is 10.1 Å². The van der Waals surface area contributed by atoms with Crippen LogP contribution in [-0.4, -0.2) is 27.8 Å². The average molecular weight is 513 g/mol. The van der Waals surface area contributed by atoms with Crippen LogP contribution in [-0.2, 0) is 12.3 Å². The van der Waals surface area contributed by atoms with E-state index >= 15 is 0 Å². The molecule has 0 saturated carbocycles. The van der Waals surface area contributed by atoms with Crippen molar-refractivity contribution in [2.24, 2.45) is 0 Å². The van der Waals surface area contributed by atoms with Crippen molar-refractivity contribution in [2.45, 2.75) is 24.4 Å². The van der Waals surface area contributed by atoms with E-state index in [0.717, 1.165) is 0 Å². The molecule has 0 spiro atoms. The smallest absolute Gasteiger partial charge is 0.251 e. The molecule has 174 valence electrons. The number of carbonyl (C=O) groups is 1. The van der Waals surface area contributed by atoms with Gasteiger partial charge in [0.25, 0.3) is 5.91 Å². The molecule has 9 heteroatoms. The molecule has 0 unspecified atom stereocenters. The molecular weight excluding hydrogens is 491 g/mol. The molecule has 4 rings (SSSR count). The molecule has 0 saturated heterocycles. The Balaban J connectivity index is 1.59. The minimum absolute atomic E-state index is 0.168. The Labute approximate surface area is 212 Å². The Hall–Kier alpha value is -3.00. The maximum absolute atomic E-state index is 12.7. The first-order valence-corrected chi connectivity index (χ1v) is 12.2. The first-order chi connectivity index (χ1) is 16.4. The Kier molecular flexibility index (Phi) is 7.77. The van der Waals surface area contributed by atoms with Crippen molar-refractivity contribution in [1.29, 1.82) is 0 Å². The summed E-state index contributed by atoms with van der Waals surface area (Å²) < 4.78 is 7.00. The van der Waals surface area contributed by atoms with Crippen LogP contribution in [0.2, 0.25) is 10.0 Å². The summed E-state index contributed by atoms with van der Waals surface area (Å²) in [6.07, 6.45) is 0. The third kappa shape index (κ3) is 5.73. The summed E-state index contributed by atoms with van der Waals surface area (Å²) in [7, 11) is 1.58. The number of benzene rings is 3. The first kappa shape index (κ1) is 24.1. The van der Waals surface area contributed by atoms with Crippen LogP contribution < -0.4 is 10.1 Å². The molecule has 34 heavy (non-hydrogen) atoms. The van der Waals surface area contributed by atoms with Crippen molar-refractivity contribution < 1.29 is 9.53 Å². The third-order valence-corrected chi connectivity index (χ3v) is 6.60. The molecule has 1 N–H and O–H groups in total. The number of aryl methyl sites for hydroxylation is 1. The van der Waals surface area contributed by atoms with E-state index in [1.165, 1.54) is 11.1 Å². The molecule has 4 aromatic rings. The predicted octanol–water partition coefficient (Wildman–Crippen LogP) is 6.11. The molecule has 0 aliphatic rings. The number of thioether (sulfide) groups is 1. The SMILES string of the molecule is COc1ccc(C(=O)NCc2nnc(SCc3cccc(C)c3)n2-c2ccc(Cl)cc2Cl)cc1. The first-order valence-electron chi connectivity index (χ1n) is 10.4. The number of hydrogen-bond acceptors (Lipinski definition) is 5. The highest BCUT2D eigenvalue weighted by molar-refractivity contribution is 7.98. The van der Waals surface area contributed by atoms with E-state index in [2.05, 4.69) is 40.6 Å². The lowest BCUT2D eigenvalue weighted by atomic mass is 10.2. The molecule has 0 aliphatic carbocycles. The van der Waals surface area contributed by atoms with Gasteiger partial charge in [0.05, 0.1) is 24.4 Å². The predicted molar refractivity (Wildman–Crippen MR) is 136 cm³/mol.